The molecule has 0 aliphatic rings. The molecule has 12 heteroatoms. The molecule has 0 aliphatic carbocycles. The highest BCUT2D eigenvalue weighted by Gasteiger charge is 2.39. The highest BCUT2D eigenvalue weighted by molar-refractivity contribution is 7.54. The van der Waals surface area contributed by atoms with Crippen LogP contribution in [0.3, 0.4) is 0 Å². The first-order valence-electron chi connectivity index (χ1n) is 14.3. The minimum Gasteiger partial charge on any atom is -0.508 e. The first-order chi connectivity index (χ1) is 21.3. The number of benzene rings is 3. The summed E-state index contributed by atoms with van der Waals surface area (Å²) in [6, 6.07) is 21.6. The second kappa shape index (κ2) is 13.5. The van der Waals surface area contributed by atoms with Gasteiger partial charge in [0.15, 0.2) is 5.78 Å². The van der Waals surface area contributed by atoms with Crippen molar-refractivity contribution in [3.63, 3.8) is 0 Å². The molecule has 0 saturated carbocycles. The summed E-state index contributed by atoms with van der Waals surface area (Å²) in [5.74, 6) is -0.597. The molecule has 5 aromatic rings. The van der Waals surface area contributed by atoms with Gasteiger partial charge in [-0.15, -0.1) is 5.10 Å². The summed E-state index contributed by atoms with van der Waals surface area (Å²) >= 11 is 0. The van der Waals surface area contributed by atoms with Crippen LogP contribution in [0.1, 0.15) is 42.0 Å². The van der Waals surface area contributed by atoms with Gasteiger partial charge >= 0.3 is 7.60 Å². The van der Waals surface area contributed by atoms with Crippen LogP contribution in [0, 0.1) is 6.92 Å². The van der Waals surface area contributed by atoms with E-state index in [0.717, 1.165) is 22.0 Å². The van der Waals surface area contributed by atoms with Gasteiger partial charge < -0.3 is 28.8 Å². The highest BCUT2D eigenvalue weighted by Crippen LogP contribution is 2.62. The molecule has 1 atom stereocenters. The molecule has 0 amide bonds. The molecule has 5 rings (SSSR count). The molecule has 2 heterocycles. The van der Waals surface area contributed by atoms with Crippen molar-refractivity contribution in [2.24, 2.45) is 0 Å². The molecule has 2 N–H and O–H groups in total. The van der Waals surface area contributed by atoms with Gasteiger partial charge in [0.05, 0.1) is 50.8 Å². The van der Waals surface area contributed by atoms with Crippen LogP contribution in [0.25, 0.3) is 10.9 Å². The fourth-order valence-electron chi connectivity index (χ4n) is 5.21. The summed E-state index contributed by atoms with van der Waals surface area (Å²) < 4.78 is 34.4. The van der Waals surface area contributed by atoms with E-state index < -0.39 is 13.4 Å². The van der Waals surface area contributed by atoms with Crippen molar-refractivity contribution >= 4 is 24.2 Å². The van der Waals surface area contributed by atoms with Crippen LogP contribution >= 0.6 is 7.60 Å². The third-order valence-electron chi connectivity index (χ3n) is 7.20. The number of nitrogens with one attached hydrogen (secondary N) is 1. The van der Waals surface area contributed by atoms with Crippen LogP contribution in [0.15, 0.2) is 83.8 Å². The van der Waals surface area contributed by atoms with Gasteiger partial charge in [0.1, 0.15) is 17.2 Å². The monoisotopic (exact) mass is 617 g/mol. The predicted octanol–water partition coefficient (Wildman–Crippen LogP) is 6.09. The summed E-state index contributed by atoms with van der Waals surface area (Å²) in [7, 11) is -2.29. The minimum atomic E-state index is -3.83. The topological polar surface area (TPSA) is 130 Å². The SMILES string of the molecule is CCOP(=O)(OCC)C(Nc1ccccc1OC)c1cc(Cn2cc(Cn3c(=O)cc(C)c4ccccc43)nn2)ccc1O. The molecule has 3 aromatic carbocycles. The Bertz CT molecular complexity index is 1860. The molecule has 44 heavy (non-hydrogen) atoms. The number of para-hydroxylation sites is 3. The second-order valence-corrected chi connectivity index (χ2v) is 12.3. The Morgan fingerprint density at radius 3 is 2.45 bits per heavy atom. The zero-order valence-electron chi connectivity index (χ0n) is 25.1. The quantitative estimate of drug-likeness (QED) is 0.151. The number of aromatic nitrogens is 4. The molecular formula is C32H36N5O6P. The van der Waals surface area contributed by atoms with Gasteiger partial charge in [-0.25, -0.2) is 4.68 Å². The van der Waals surface area contributed by atoms with Crippen LogP contribution in [-0.4, -0.2) is 45.0 Å². The molecule has 0 spiro atoms. The van der Waals surface area contributed by atoms with E-state index in [2.05, 4.69) is 15.6 Å². The summed E-state index contributed by atoms with van der Waals surface area (Å²) in [5.41, 5.74) is 3.91. The number of anilines is 1. The van der Waals surface area contributed by atoms with Crippen molar-refractivity contribution < 1.29 is 23.5 Å². The van der Waals surface area contributed by atoms with Gasteiger partial charge in [-0.2, -0.15) is 0 Å². The van der Waals surface area contributed by atoms with Gasteiger partial charge in [-0.1, -0.05) is 41.6 Å². The van der Waals surface area contributed by atoms with Crippen molar-refractivity contribution in [2.45, 2.75) is 39.6 Å². The molecule has 0 bridgehead atoms. The average Bonchev–Trinajstić information content (AvgIpc) is 3.46. The molecule has 1 unspecified atom stereocenters. The van der Waals surface area contributed by atoms with Crippen molar-refractivity contribution in [1.82, 2.24) is 19.6 Å². The molecule has 0 saturated heterocycles. The Hall–Kier alpha value is -4.44. The Morgan fingerprint density at radius 1 is 0.977 bits per heavy atom. The predicted molar refractivity (Wildman–Crippen MR) is 169 cm³/mol. The van der Waals surface area contributed by atoms with Crippen molar-refractivity contribution in [1.29, 1.82) is 0 Å². The van der Waals surface area contributed by atoms with Crippen molar-refractivity contribution in [3.05, 3.63) is 112 Å². The first-order valence-corrected chi connectivity index (χ1v) is 16.0. The second-order valence-electron chi connectivity index (χ2n) is 10.2. The molecule has 2 aromatic heterocycles. The number of fused-ring (bicyclic) bond motifs is 1. The lowest BCUT2D eigenvalue weighted by molar-refractivity contribution is 0.213. The van der Waals surface area contributed by atoms with Gasteiger partial charge in [0.25, 0.3) is 5.56 Å². The lowest BCUT2D eigenvalue weighted by Gasteiger charge is -2.29. The lowest BCUT2D eigenvalue weighted by Crippen LogP contribution is -2.21. The van der Waals surface area contributed by atoms with Crippen LogP contribution in [-0.2, 0) is 26.7 Å². The van der Waals surface area contributed by atoms with Crippen LogP contribution in [0.2, 0.25) is 0 Å². The number of hydrogen-bond donors (Lipinski definition) is 2. The number of aryl methyl sites for hydroxylation is 1. The third-order valence-corrected chi connectivity index (χ3v) is 9.47. The van der Waals surface area contributed by atoms with E-state index in [1.807, 2.05) is 43.3 Å². The van der Waals surface area contributed by atoms with E-state index in [0.29, 0.717) is 29.2 Å². The Balaban J connectivity index is 1.46. The van der Waals surface area contributed by atoms with Crippen molar-refractivity contribution in [3.8, 4) is 11.5 Å². The molecule has 0 fully saturated rings. The summed E-state index contributed by atoms with van der Waals surface area (Å²) in [6.07, 6.45) is 1.78. The fraction of sp³-hybridized carbons (Fsp3) is 0.281. The average molecular weight is 618 g/mol. The van der Waals surface area contributed by atoms with Gasteiger partial charge in [0.2, 0.25) is 0 Å². The number of aromatic hydroxyl groups is 1. The minimum absolute atomic E-state index is 0.0781. The van der Waals surface area contributed by atoms with E-state index in [9.17, 15) is 14.5 Å². The Kier molecular flexibility index (Phi) is 9.49. The molecular weight excluding hydrogens is 581 g/mol. The normalized spacial score (nSPS) is 12.4. The highest BCUT2D eigenvalue weighted by atomic mass is 31.2. The van der Waals surface area contributed by atoms with E-state index in [4.69, 9.17) is 13.8 Å². The maximum atomic E-state index is 14.1. The molecule has 11 nitrogen and oxygen atoms in total. The molecule has 0 aliphatic heterocycles. The molecule has 0 radical (unpaired) electrons. The summed E-state index contributed by atoms with van der Waals surface area (Å²) in [5, 5.41) is 23.8. The summed E-state index contributed by atoms with van der Waals surface area (Å²) in [4.78, 5) is 12.9. The van der Waals surface area contributed by atoms with E-state index >= 15 is 0 Å². The third kappa shape index (κ3) is 6.55. The van der Waals surface area contributed by atoms with E-state index in [1.54, 1.807) is 72.8 Å². The van der Waals surface area contributed by atoms with Gasteiger partial charge in [-0.3, -0.25) is 9.36 Å². The largest absolute Gasteiger partial charge is 0.508 e. The number of phenolic OH excluding ortho intramolecular Hbond substituents is 1. The van der Waals surface area contributed by atoms with Gasteiger partial charge in [0, 0.05) is 17.0 Å². The first kappa shape index (κ1) is 31.0. The zero-order valence-corrected chi connectivity index (χ0v) is 26.0. The molecule has 230 valence electrons. The zero-order chi connectivity index (χ0) is 31.3. The fourth-order valence-corrected chi connectivity index (χ4v) is 7.15. The number of phenols is 1. The number of methoxy groups -OCH3 is 1. The number of rotatable bonds is 13. The van der Waals surface area contributed by atoms with Crippen LogP contribution < -0.4 is 15.6 Å². The number of pyridine rings is 1. The van der Waals surface area contributed by atoms with Crippen LogP contribution in [0.4, 0.5) is 5.69 Å². The van der Waals surface area contributed by atoms with E-state index in [1.165, 1.54) is 0 Å². The summed E-state index contributed by atoms with van der Waals surface area (Å²) in [6.45, 7) is 6.24. The Labute approximate surface area is 255 Å². The van der Waals surface area contributed by atoms with Gasteiger partial charge in [-0.05, 0) is 62.2 Å². The lowest BCUT2D eigenvalue weighted by atomic mass is 10.1. The smallest absolute Gasteiger partial charge is 0.357 e. The van der Waals surface area contributed by atoms with Crippen LogP contribution in [0.5, 0.6) is 11.5 Å². The number of nitrogens with zero attached hydrogens (tertiary/aromatic N) is 4. The standard InChI is InChI=1S/C32H36N5O6P/c1-5-42-44(40,43-6-2)32(33-27-12-8-10-14-30(27)41-4)26-18-23(15-16-29(26)38)19-36-20-24(34-35-36)21-37-28-13-9-7-11-25(28)22(3)17-31(37)39/h7-18,20,32-33,38H,5-6,19,21H2,1-4H3. The number of ether oxygens (including phenoxy) is 1. The van der Waals surface area contributed by atoms with E-state index in [-0.39, 0.29) is 31.1 Å². The van der Waals surface area contributed by atoms with Crippen molar-refractivity contribution in [2.75, 3.05) is 25.6 Å². The maximum absolute atomic E-state index is 14.1. The number of hydrogen-bond acceptors (Lipinski definition) is 9. The Morgan fingerprint density at radius 2 is 1.70 bits per heavy atom. The maximum Gasteiger partial charge on any atom is 0.357 e.